The molecule has 0 bridgehead atoms. The molecule has 0 unspecified atom stereocenters. The highest BCUT2D eigenvalue weighted by Crippen LogP contribution is 2.27. The van der Waals surface area contributed by atoms with Gasteiger partial charge in [0.1, 0.15) is 6.61 Å². The van der Waals surface area contributed by atoms with E-state index in [4.69, 9.17) is 4.74 Å². The van der Waals surface area contributed by atoms with Crippen molar-refractivity contribution in [3.8, 4) is 0 Å². The SMILES string of the molecule is CC1(O)CN(C2CN(C(=O)OCc3ccccc3)C2)C1. The zero-order chi connectivity index (χ0) is 14.2. The molecule has 3 rings (SSSR count). The molecule has 5 nitrogen and oxygen atoms in total. The molecule has 0 aromatic heterocycles. The van der Waals surface area contributed by atoms with Gasteiger partial charge < -0.3 is 14.7 Å². The molecule has 1 aromatic carbocycles. The maximum absolute atomic E-state index is 11.8. The highest BCUT2D eigenvalue weighted by Gasteiger charge is 2.45. The van der Waals surface area contributed by atoms with Crippen LogP contribution in [0.3, 0.4) is 0 Å². The Labute approximate surface area is 118 Å². The fraction of sp³-hybridized carbons (Fsp3) is 0.533. The molecule has 0 saturated carbocycles. The van der Waals surface area contributed by atoms with Crippen LogP contribution in [0.1, 0.15) is 12.5 Å². The number of likely N-dealkylation sites (tertiary alicyclic amines) is 2. The average molecular weight is 276 g/mol. The number of β-amino-alcohol motifs (C(OH)–C–C–N with tert-alkyl or cyclic N) is 1. The second-order valence-electron chi connectivity index (χ2n) is 6.00. The van der Waals surface area contributed by atoms with Crippen LogP contribution in [0.5, 0.6) is 0 Å². The van der Waals surface area contributed by atoms with Crippen molar-refractivity contribution >= 4 is 6.09 Å². The third kappa shape index (κ3) is 2.78. The molecule has 5 heteroatoms. The Hall–Kier alpha value is -1.59. The lowest BCUT2D eigenvalue weighted by Crippen LogP contribution is -2.71. The number of carbonyl (C=O) groups is 1. The molecule has 108 valence electrons. The minimum Gasteiger partial charge on any atom is -0.445 e. The Bertz CT molecular complexity index is 475. The van der Waals surface area contributed by atoms with E-state index < -0.39 is 5.60 Å². The number of nitrogens with zero attached hydrogens (tertiary/aromatic N) is 2. The largest absolute Gasteiger partial charge is 0.445 e. The number of rotatable bonds is 3. The monoisotopic (exact) mass is 276 g/mol. The van der Waals surface area contributed by atoms with Crippen LogP contribution in [-0.2, 0) is 11.3 Å². The molecular formula is C15H20N2O3. The summed E-state index contributed by atoms with van der Waals surface area (Å²) in [5.41, 5.74) is 0.450. The number of carbonyl (C=O) groups excluding carboxylic acids is 1. The fourth-order valence-electron chi connectivity index (χ4n) is 2.73. The number of ether oxygens (including phenoxy) is 1. The molecule has 2 aliphatic rings. The van der Waals surface area contributed by atoms with Gasteiger partial charge in [0, 0.05) is 32.2 Å². The average Bonchev–Trinajstić information content (AvgIpc) is 2.33. The van der Waals surface area contributed by atoms with Crippen LogP contribution in [0.25, 0.3) is 0 Å². The van der Waals surface area contributed by atoms with Crippen molar-refractivity contribution in [1.29, 1.82) is 0 Å². The lowest BCUT2D eigenvalue weighted by atomic mass is 9.92. The van der Waals surface area contributed by atoms with Crippen molar-refractivity contribution < 1.29 is 14.6 Å². The highest BCUT2D eigenvalue weighted by molar-refractivity contribution is 5.68. The molecule has 2 aliphatic heterocycles. The lowest BCUT2D eigenvalue weighted by Gasteiger charge is -2.53. The third-order valence-electron chi connectivity index (χ3n) is 3.93. The molecule has 1 aromatic rings. The molecule has 2 fully saturated rings. The minimum absolute atomic E-state index is 0.252. The van der Waals surface area contributed by atoms with Crippen LogP contribution in [-0.4, -0.2) is 58.8 Å². The number of hydrogen-bond donors (Lipinski definition) is 1. The van der Waals surface area contributed by atoms with Crippen LogP contribution in [0.15, 0.2) is 30.3 Å². The van der Waals surface area contributed by atoms with E-state index in [1.54, 1.807) is 4.90 Å². The van der Waals surface area contributed by atoms with Crippen molar-refractivity contribution in [1.82, 2.24) is 9.80 Å². The first-order chi connectivity index (χ1) is 9.53. The summed E-state index contributed by atoms with van der Waals surface area (Å²) >= 11 is 0. The second-order valence-corrected chi connectivity index (χ2v) is 6.00. The van der Waals surface area contributed by atoms with E-state index in [9.17, 15) is 9.90 Å². The van der Waals surface area contributed by atoms with Gasteiger partial charge in [0.05, 0.1) is 5.60 Å². The molecule has 0 radical (unpaired) electrons. The summed E-state index contributed by atoms with van der Waals surface area (Å²) in [6, 6.07) is 10.0. The summed E-state index contributed by atoms with van der Waals surface area (Å²) in [6.07, 6.45) is -0.252. The van der Waals surface area contributed by atoms with Gasteiger partial charge in [-0.25, -0.2) is 4.79 Å². The topological polar surface area (TPSA) is 53.0 Å². The zero-order valence-corrected chi connectivity index (χ0v) is 11.7. The Morgan fingerprint density at radius 2 is 2.00 bits per heavy atom. The summed E-state index contributed by atoms with van der Waals surface area (Å²) in [7, 11) is 0. The first-order valence-electron chi connectivity index (χ1n) is 6.96. The molecule has 2 saturated heterocycles. The maximum atomic E-state index is 11.8. The van der Waals surface area contributed by atoms with Crippen molar-refractivity contribution in [2.24, 2.45) is 0 Å². The van der Waals surface area contributed by atoms with Gasteiger partial charge in [-0.15, -0.1) is 0 Å². The molecule has 0 atom stereocenters. The minimum atomic E-state index is -0.547. The first kappa shape index (κ1) is 13.4. The second kappa shape index (κ2) is 5.07. The number of amides is 1. The molecule has 1 N–H and O–H groups in total. The zero-order valence-electron chi connectivity index (χ0n) is 11.7. The normalized spacial score (nSPS) is 22.0. The van der Waals surface area contributed by atoms with E-state index in [2.05, 4.69) is 4.90 Å². The highest BCUT2D eigenvalue weighted by atomic mass is 16.6. The lowest BCUT2D eigenvalue weighted by molar-refractivity contribution is -0.125. The summed E-state index contributed by atoms with van der Waals surface area (Å²) in [5.74, 6) is 0. The Morgan fingerprint density at radius 1 is 1.35 bits per heavy atom. The van der Waals surface area contributed by atoms with Crippen molar-refractivity contribution in [3.63, 3.8) is 0 Å². The van der Waals surface area contributed by atoms with Gasteiger partial charge in [0.2, 0.25) is 0 Å². The molecule has 20 heavy (non-hydrogen) atoms. The maximum Gasteiger partial charge on any atom is 0.410 e. The van der Waals surface area contributed by atoms with Gasteiger partial charge in [-0.2, -0.15) is 0 Å². The predicted molar refractivity (Wildman–Crippen MR) is 74.2 cm³/mol. The van der Waals surface area contributed by atoms with E-state index in [1.807, 2.05) is 37.3 Å². The van der Waals surface area contributed by atoms with Crippen molar-refractivity contribution in [2.45, 2.75) is 25.2 Å². The van der Waals surface area contributed by atoms with Crippen molar-refractivity contribution in [2.75, 3.05) is 26.2 Å². The molecular weight excluding hydrogens is 256 g/mol. The fourth-order valence-corrected chi connectivity index (χ4v) is 2.73. The van der Waals surface area contributed by atoms with Crippen LogP contribution in [0.2, 0.25) is 0 Å². The number of benzene rings is 1. The van der Waals surface area contributed by atoms with Crippen LogP contribution in [0.4, 0.5) is 4.79 Å². The molecule has 0 aliphatic carbocycles. The first-order valence-corrected chi connectivity index (χ1v) is 6.96. The summed E-state index contributed by atoms with van der Waals surface area (Å²) in [5, 5.41) is 9.69. The standard InChI is InChI=1S/C15H20N2O3/c1-15(19)10-17(11-15)13-7-16(8-13)14(18)20-9-12-5-3-2-4-6-12/h2-6,13,19H,7-11H2,1H3. The molecule has 0 spiro atoms. The molecule has 2 heterocycles. The number of aliphatic hydroxyl groups is 1. The van der Waals surface area contributed by atoms with Gasteiger partial charge >= 0.3 is 6.09 Å². The quantitative estimate of drug-likeness (QED) is 0.897. The van der Waals surface area contributed by atoms with Crippen LogP contribution < -0.4 is 0 Å². The number of hydrogen-bond acceptors (Lipinski definition) is 4. The van der Waals surface area contributed by atoms with E-state index in [0.29, 0.717) is 38.8 Å². The molecule has 1 amide bonds. The van der Waals surface area contributed by atoms with Gasteiger partial charge in [-0.3, -0.25) is 4.90 Å². The Balaban J connectivity index is 1.38. The van der Waals surface area contributed by atoms with Gasteiger partial charge in [0.25, 0.3) is 0 Å². The van der Waals surface area contributed by atoms with Crippen LogP contribution >= 0.6 is 0 Å². The van der Waals surface area contributed by atoms with Gasteiger partial charge in [-0.05, 0) is 12.5 Å². The summed E-state index contributed by atoms with van der Waals surface area (Å²) in [6.45, 7) is 4.95. The van der Waals surface area contributed by atoms with E-state index in [-0.39, 0.29) is 6.09 Å². The van der Waals surface area contributed by atoms with E-state index >= 15 is 0 Å². The van der Waals surface area contributed by atoms with Crippen LogP contribution in [0, 0.1) is 0 Å². The third-order valence-corrected chi connectivity index (χ3v) is 3.93. The Kier molecular flexibility index (Phi) is 3.40. The van der Waals surface area contributed by atoms with E-state index in [1.165, 1.54) is 0 Å². The Morgan fingerprint density at radius 3 is 2.60 bits per heavy atom. The predicted octanol–water partition coefficient (Wildman–Crippen LogP) is 1.07. The summed E-state index contributed by atoms with van der Waals surface area (Å²) in [4.78, 5) is 15.8. The van der Waals surface area contributed by atoms with Gasteiger partial charge in [-0.1, -0.05) is 30.3 Å². The smallest absolute Gasteiger partial charge is 0.410 e. The van der Waals surface area contributed by atoms with Crippen molar-refractivity contribution in [3.05, 3.63) is 35.9 Å². The van der Waals surface area contributed by atoms with E-state index in [0.717, 1.165) is 5.56 Å². The summed E-state index contributed by atoms with van der Waals surface area (Å²) < 4.78 is 5.27. The van der Waals surface area contributed by atoms with Gasteiger partial charge in [0.15, 0.2) is 0 Å².